The number of methoxy groups -OCH3 is 1. The summed E-state index contributed by atoms with van der Waals surface area (Å²) in [6, 6.07) is 0. The van der Waals surface area contributed by atoms with Crippen LogP contribution in [0, 0.1) is 6.92 Å². The van der Waals surface area contributed by atoms with E-state index in [1.165, 1.54) is 7.11 Å². The molecule has 0 N–H and O–H groups in total. The Hall–Kier alpha value is -1.75. The van der Waals surface area contributed by atoms with Crippen LogP contribution >= 0.6 is 11.6 Å². The van der Waals surface area contributed by atoms with Crippen molar-refractivity contribution in [2.75, 3.05) is 13.7 Å². The first-order chi connectivity index (χ1) is 9.53. The molecule has 0 bridgehead atoms. The molecule has 1 rings (SSSR count). The molecule has 0 aromatic carbocycles. The zero-order valence-corrected chi connectivity index (χ0v) is 12.6. The Morgan fingerprint density at radius 1 is 1.35 bits per heavy atom. The van der Waals surface area contributed by atoms with Gasteiger partial charge in [-0.3, -0.25) is 0 Å². The van der Waals surface area contributed by atoms with Crippen molar-refractivity contribution in [3.05, 3.63) is 35.2 Å². The molecule has 0 amide bonds. The zero-order chi connectivity index (χ0) is 15.3. The van der Waals surface area contributed by atoms with E-state index in [4.69, 9.17) is 21.1 Å². The lowest BCUT2D eigenvalue weighted by Gasteiger charge is -2.07. The lowest BCUT2D eigenvalue weighted by Crippen LogP contribution is -2.13. The summed E-state index contributed by atoms with van der Waals surface area (Å²) in [5.41, 5.74) is 1.51. The van der Waals surface area contributed by atoms with Gasteiger partial charge in [0.25, 0.3) is 0 Å². The molecule has 1 heterocycles. The van der Waals surface area contributed by atoms with E-state index in [1.807, 2.05) is 0 Å². The van der Waals surface area contributed by atoms with E-state index >= 15 is 0 Å². The third-order valence-electron chi connectivity index (χ3n) is 2.94. The molecule has 0 fully saturated rings. The molecule has 0 unspecified atom stereocenters. The molecule has 0 saturated carbocycles. The van der Waals surface area contributed by atoms with Crippen molar-refractivity contribution in [1.82, 2.24) is 4.57 Å². The van der Waals surface area contributed by atoms with Crippen LogP contribution in [0.5, 0.6) is 0 Å². The number of esters is 2. The van der Waals surface area contributed by atoms with Gasteiger partial charge in [-0.1, -0.05) is 6.08 Å². The molecule has 0 atom stereocenters. The van der Waals surface area contributed by atoms with Gasteiger partial charge in [-0.2, -0.15) is 0 Å². The van der Waals surface area contributed by atoms with E-state index in [2.05, 4.69) is 6.58 Å². The van der Waals surface area contributed by atoms with E-state index in [1.54, 1.807) is 24.5 Å². The first-order valence-corrected chi connectivity index (χ1v) is 6.71. The number of allylic oxidation sites excluding steroid dienone is 1. The summed E-state index contributed by atoms with van der Waals surface area (Å²) in [6.45, 7) is 7.75. The van der Waals surface area contributed by atoms with Gasteiger partial charge in [0, 0.05) is 17.9 Å². The minimum Gasteiger partial charge on any atom is -0.465 e. The number of hydrogen-bond acceptors (Lipinski definition) is 4. The molecule has 1 aromatic rings. The van der Waals surface area contributed by atoms with E-state index in [9.17, 15) is 9.59 Å². The highest BCUT2D eigenvalue weighted by atomic mass is 35.5. The number of carbonyl (C=O) groups excluding carboxylic acids is 2. The number of aromatic nitrogens is 1. The second-order valence-corrected chi connectivity index (χ2v) is 4.29. The number of nitrogens with zero attached hydrogens (tertiary/aromatic N) is 1. The molecule has 1 aromatic heterocycles. The van der Waals surface area contributed by atoms with Crippen LogP contribution in [-0.2, 0) is 21.9 Å². The topological polar surface area (TPSA) is 57.5 Å². The predicted octanol–water partition coefficient (Wildman–Crippen LogP) is 2.68. The van der Waals surface area contributed by atoms with Crippen LogP contribution in [0.15, 0.2) is 12.7 Å². The van der Waals surface area contributed by atoms with Gasteiger partial charge >= 0.3 is 11.9 Å². The summed E-state index contributed by atoms with van der Waals surface area (Å²) in [5.74, 6) is -1.07. The summed E-state index contributed by atoms with van der Waals surface area (Å²) < 4.78 is 11.5. The van der Waals surface area contributed by atoms with Gasteiger partial charge in [-0.05, 0) is 13.8 Å². The number of alkyl halides is 1. The van der Waals surface area contributed by atoms with Crippen molar-refractivity contribution in [3.63, 3.8) is 0 Å². The molecule has 6 heteroatoms. The molecule has 0 aliphatic heterocycles. The maximum atomic E-state index is 12.1. The average molecular weight is 300 g/mol. The lowest BCUT2D eigenvalue weighted by molar-refractivity contribution is 0.0504. The van der Waals surface area contributed by atoms with Gasteiger partial charge in [-0.25, -0.2) is 9.59 Å². The Labute approximate surface area is 123 Å². The smallest absolute Gasteiger partial charge is 0.340 e. The lowest BCUT2D eigenvalue weighted by atomic mass is 10.1. The van der Waals surface area contributed by atoms with Gasteiger partial charge in [0.2, 0.25) is 0 Å². The van der Waals surface area contributed by atoms with Crippen LogP contribution in [0.2, 0.25) is 0 Å². The monoisotopic (exact) mass is 299 g/mol. The van der Waals surface area contributed by atoms with Crippen LogP contribution < -0.4 is 0 Å². The molecule has 0 radical (unpaired) electrons. The van der Waals surface area contributed by atoms with Crippen molar-refractivity contribution >= 4 is 23.5 Å². The van der Waals surface area contributed by atoms with E-state index in [0.717, 1.165) is 0 Å². The minimum atomic E-state index is -0.584. The highest BCUT2D eigenvalue weighted by molar-refractivity contribution is 6.18. The quantitative estimate of drug-likeness (QED) is 0.460. The first-order valence-electron chi connectivity index (χ1n) is 6.17. The number of hydrogen-bond donors (Lipinski definition) is 0. The molecule has 0 aliphatic rings. The second-order valence-electron chi connectivity index (χ2n) is 4.03. The fraction of sp³-hybridized carbons (Fsp3) is 0.429. The zero-order valence-electron chi connectivity index (χ0n) is 11.9. The van der Waals surface area contributed by atoms with Crippen molar-refractivity contribution < 1.29 is 19.1 Å². The summed E-state index contributed by atoms with van der Waals surface area (Å²) in [7, 11) is 1.27. The molecular formula is C14H18ClNO4. The Morgan fingerprint density at radius 2 is 2.00 bits per heavy atom. The molecule has 110 valence electrons. The van der Waals surface area contributed by atoms with Crippen LogP contribution in [0.25, 0.3) is 0 Å². The van der Waals surface area contributed by atoms with Gasteiger partial charge in [0.05, 0.1) is 30.7 Å². The van der Waals surface area contributed by atoms with Gasteiger partial charge in [0.1, 0.15) is 0 Å². The van der Waals surface area contributed by atoms with Gasteiger partial charge in [-0.15, -0.1) is 18.2 Å². The number of carbonyl (C=O) groups is 2. The van der Waals surface area contributed by atoms with Crippen LogP contribution in [-0.4, -0.2) is 30.2 Å². The van der Waals surface area contributed by atoms with Gasteiger partial charge in [0.15, 0.2) is 0 Å². The average Bonchev–Trinajstić information content (AvgIpc) is 2.71. The Morgan fingerprint density at radius 3 is 2.45 bits per heavy atom. The van der Waals surface area contributed by atoms with Crippen LogP contribution in [0.3, 0.4) is 0 Å². The molecule has 0 saturated heterocycles. The van der Waals surface area contributed by atoms with Crippen LogP contribution in [0.4, 0.5) is 0 Å². The van der Waals surface area contributed by atoms with Crippen molar-refractivity contribution in [2.24, 2.45) is 0 Å². The number of ether oxygens (including phenoxy) is 2. The third kappa shape index (κ3) is 2.88. The van der Waals surface area contributed by atoms with Crippen molar-refractivity contribution in [1.29, 1.82) is 0 Å². The summed E-state index contributed by atoms with van der Waals surface area (Å²) >= 11 is 5.94. The maximum absolute atomic E-state index is 12.1. The SMILES string of the molecule is C=CCn1c(C)c(C(=O)OC)c(C(=O)OCC)c1CCl. The first kappa shape index (κ1) is 16.3. The summed E-state index contributed by atoms with van der Waals surface area (Å²) in [5, 5.41) is 0. The van der Waals surface area contributed by atoms with Crippen LogP contribution in [0.1, 0.15) is 39.0 Å². The molecule has 0 aliphatic carbocycles. The summed E-state index contributed by atoms with van der Waals surface area (Å²) in [4.78, 5) is 24.0. The maximum Gasteiger partial charge on any atom is 0.340 e. The fourth-order valence-corrected chi connectivity index (χ4v) is 2.37. The summed E-state index contributed by atoms with van der Waals surface area (Å²) in [6.07, 6.45) is 1.67. The number of halogens is 1. The van der Waals surface area contributed by atoms with Crippen molar-refractivity contribution in [2.45, 2.75) is 26.3 Å². The molecule has 5 nitrogen and oxygen atoms in total. The Bertz CT molecular complexity index is 534. The Kier molecular flexibility index (Phi) is 5.82. The molecule has 0 spiro atoms. The standard InChI is InChI=1S/C14H18ClNO4/c1-5-7-16-9(3)11(13(17)19-4)12(10(16)8-15)14(18)20-6-2/h5H,1,6-8H2,2-4H3. The van der Waals surface area contributed by atoms with Crippen molar-refractivity contribution in [3.8, 4) is 0 Å². The number of rotatable bonds is 6. The van der Waals surface area contributed by atoms with Gasteiger partial charge < -0.3 is 14.0 Å². The largest absolute Gasteiger partial charge is 0.465 e. The molecule has 20 heavy (non-hydrogen) atoms. The third-order valence-corrected chi connectivity index (χ3v) is 3.19. The van der Waals surface area contributed by atoms with E-state index in [-0.39, 0.29) is 23.6 Å². The highest BCUT2D eigenvalue weighted by Gasteiger charge is 2.30. The molecular weight excluding hydrogens is 282 g/mol. The minimum absolute atomic E-state index is 0.0832. The second kappa shape index (κ2) is 7.14. The fourth-order valence-electron chi connectivity index (χ4n) is 2.09. The van der Waals surface area contributed by atoms with E-state index in [0.29, 0.717) is 17.9 Å². The van der Waals surface area contributed by atoms with E-state index < -0.39 is 11.9 Å². The highest BCUT2D eigenvalue weighted by Crippen LogP contribution is 2.26. The normalized spacial score (nSPS) is 10.2. The predicted molar refractivity (Wildman–Crippen MR) is 76.2 cm³/mol. The Balaban J connectivity index is 3.57.